The first-order chi connectivity index (χ1) is 13.7. The number of piperidine rings is 1. The fraction of sp³-hybridized carbons (Fsp3) is 0.263. The Balaban J connectivity index is 1.53. The van der Waals surface area contributed by atoms with Crippen LogP contribution >= 0.6 is 12.2 Å². The number of aromatic amines is 2. The Kier molecular flexibility index (Phi) is 4.16. The summed E-state index contributed by atoms with van der Waals surface area (Å²) in [5, 5.41) is 4.09. The van der Waals surface area contributed by atoms with E-state index in [9.17, 15) is 4.39 Å². The Labute approximate surface area is 164 Å². The van der Waals surface area contributed by atoms with Gasteiger partial charge in [0.05, 0.1) is 16.6 Å². The van der Waals surface area contributed by atoms with Crippen molar-refractivity contribution in [1.29, 1.82) is 0 Å². The molecule has 4 heterocycles. The summed E-state index contributed by atoms with van der Waals surface area (Å²) in [7, 11) is 0. The number of hydrogen-bond acceptors (Lipinski definition) is 6. The van der Waals surface area contributed by atoms with Gasteiger partial charge in [-0.15, -0.1) is 0 Å². The van der Waals surface area contributed by atoms with E-state index in [0.717, 1.165) is 24.5 Å². The van der Waals surface area contributed by atoms with Crippen LogP contribution in [0.15, 0.2) is 35.0 Å². The number of anilines is 1. The summed E-state index contributed by atoms with van der Waals surface area (Å²) in [6.07, 6.45) is 5.35. The monoisotopic (exact) mass is 396 g/mol. The lowest BCUT2D eigenvalue weighted by atomic mass is 10.1. The molecular formula is C19H17FN6OS. The molecule has 4 aromatic rings. The van der Waals surface area contributed by atoms with Crippen molar-refractivity contribution >= 4 is 29.1 Å². The van der Waals surface area contributed by atoms with Gasteiger partial charge in [0.2, 0.25) is 5.82 Å². The average Bonchev–Trinajstić information content (AvgIpc) is 3.34. The zero-order chi connectivity index (χ0) is 19.1. The summed E-state index contributed by atoms with van der Waals surface area (Å²) < 4.78 is 19.8. The summed E-state index contributed by atoms with van der Waals surface area (Å²) >= 11 is 5.11. The normalized spacial score (nSPS) is 14.7. The van der Waals surface area contributed by atoms with E-state index < -0.39 is 5.82 Å². The van der Waals surface area contributed by atoms with Crippen molar-refractivity contribution in [2.45, 2.75) is 19.3 Å². The van der Waals surface area contributed by atoms with Gasteiger partial charge >= 0.3 is 0 Å². The molecule has 0 spiro atoms. The predicted molar refractivity (Wildman–Crippen MR) is 106 cm³/mol. The first-order valence-electron chi connectivity index (χ1n) is 9.14. The molecule has 0 radical (unpaired) electrons. The van der Waals surface area contributed by atoms with Crippen LogP contribution in [-0.4, -0.2) is 38.2 Å². The minimum atomic E-state index is -0.413. The number of nitrogens with one attached hydrogen (secondary N) is 2. The number of nitrogens with zero attached hydrogens (tertiary/aromatic N) is 4. The zero-order valence-corrected chi connectivity index (χ0v) is 15.7. The van der Waals surface area contributed by atoms with Gasteiger partial charge in [-0.2, -0.15) is 4.98 Å². The Hall–Kier alpha value is -3.07. The fourth-order valence-electron chi connectivity index (χ4n) is 3.58. The molecule has 0 unspecified atom stereocenters. The Morgan fingerprint density at radius 2 is 1.96 bits per heavy atom. The van der Waals surface area contributed by atoms with Gasteiger partial charge in [0, 0.05) is 24.8 Å². The molecule has 0 atom stereocenters. The van der Waals surface area contributed by atoms with E-state index in [1.807, 2.05) is 12.1 Å². The van der Waals surface area contributed by atoms with Crippen LogP contribution in [0.1, 0.15) is 19.3 Å². The molecule has 142 valence electrons. The predicted octanol–water partition coefficient (Wildman–Crippen LogP) is 4.47. The number of pyridine rings is 1. The summed E-state index contributed by atoms with van der Waals surface area (Å²) in [6.45, 7) is 2.00. The van der Waals surface area contributed by atoms with Crippen molar-refractivity contribution in [2.75, 3.05) is 18.0 Å². The quantitative estimate of drug-likeness (QED) is 0.497. The molecule has 1 aliphatic heterocycles. The van der Waals surface area contributed by atoms with E-state index in [1.165, 1.54) is 31.4 Å². The van der Waals surface area contributed by atoms with E-state index in [-0.39, 0.29) is 5.89 Å². The Morgan fingerprint density at radius 3 is 2.82 bits per heavy atom. The van der Waals surface area contributed by atoms with Gasteiger partial charge in [-0.25, -0.2) is 9.37 Å². The Morgan fingerprint density at radius 1 is 1.11 bits per heavy atom. The topological polar surface area (TPSA) is 86.6 Å². The fourth-order valence-corrected chi connectivity index (χ4v) is 3.79. The molecule has 0 amide bonds. The number of aromatic nitrogens is 5. The maximum Gasteiger partial charge on any atom is 0.260 e. The number of hydrogen-bond donors (Lipinski definition) is 2. The number of imidazole rings is 1. The lowest BCUT2D eigenvalue weighted by molar-refractivity contribution is 0.432. The van der Waals surface area contributed by atoms with E-state index in [0.29, 0.717) is 27.2 Å². The van der Waals surface area contributed by atoms with E-state index >= 15 is 0 Å². The maximum absolute atomic E-state index is 14.0. The van der Waals surface area contributed by atoms with Crippen LogP contribution in [0, 0.1) is 10.6 Å². The number of benzene rings is 1. The van der Waals surface area contributed by atoms with E-state index in [4.69, 9.17) is 16.7 Å². The molecule has 0 saturated carbocycles. The van der Waals surface area contributed by atoms with Gasteiger partial charge < -0.3 is 19.4 Å². The lowest BCUT2D eigenvalue weighted by Crippen LogP contribution is -2.30. The minimum Gasteiger partial charge on any atom is -0.357 e. The van der Waals surface area contributed by atoms with Gasteiger partial charge in [-0.1, -0.05) is 5.16 Å². The SMILES string of the molecule is Fc1cc(-c2nc(-c3ccnc(N4CCCCC4)c3)no2)c2[nH]c(=S)[nH]c2c1. The van der Waals surface area contributed by atoms with Crippen LogP contribution in [-0.2, 0) is 0 Å². The summed E-state index contributed by atoms with van der Waals surface area (Å²) in [6, 6.07) is 6.53. The van der Waals surface area contributed by atoms with Crippen molar-refractivity contribution < 1.29 is 8.91 Å². The maximum atomic E-state index is 14.0. The highest BCUT2D eigenvalue weighted by Crippen LogP contribution is 2.29. The summed E-state index contributed by atoms with van der Waals surface area (Å²) in [4.78, 5) is 17.1. The highest BCUT2D eigenvalue weighted by Gasteiger charge is 2.18. The summed E-state index contributed by atoms with van der Waals surface area (Å²) in [5.41, 5.74) is 2.45. The third-order valence-electron chi connectivity index (χ3n) is 4.93. The number of rotatable bonds is 3. The molecule has 2 N–H and O–H groups in total. The van der Waals surface area contributed by atoms with E-state index in [2.05, 4.69) is 30.0 Å². The van der Waals surface area contributed by atoms with Gasteiger partial charge in [0.25, 0.3) is 5.89 Å². The van der Waals surface area contributed by atoms with Crippen molar-refractivity contribution in [2.24, 2.45) is 0 Å². The van der Waals surface area contributed by atoms with E-state index in [1.54, 1.807) is 6.20 Å². The van der Waals surface area contributed by atoms with Crippen LogP contribution in [0.3, 0.4) is 0 Å². The molecule has 5 rings (SSSR count). The summed E-state index contributed by atoms with van der Waals surface area (Å²) in [5.74, 6) is 1.15. The second-order valence-corrected chi connectivity index (χ2v) is 7.24. The Bertz CT molecular complexity index is 1210. The standard InChI is InChI=1S/C19H17FN6OS/c20-12-9-13(16-14(10-12)22-19(28)23-16)18-24-17(25-27-18)11-4-5-21-15(8-11)26-6-2-1-3-7-26/h4-5,8-10H,1-3,6-7H2,(H2,22,23,28). The average molecular weight is 396 g/mol. The first kappa shape index (κ1) is 17.1. The van der Waals surface area contributed by atoms with Gasteiger partial charge in [0.1, 0.15) is 11.6 Å². The van der Waals surface area contributed by atoms with Crippen molar-refractivity contribution in [3.8, 4) is 22.8 Å². The van der Waals surface area contributed by atoms with Crippen LogP contribution in [0.2, 0.25) is 0 Å². The largest absolute Gasteiger partial charge is 0.357 e. The van der Waals surface area contributed by atoms with Crippen molar-refractivity contribution in [3.05, 3.63) is 41.1 Å². The van der Waals surface area contributed by atoms with Gasteiger partial charge in [-0.05, 0) is 55.7 Å². The second-order valence-electron chi connectivity index (χ2n) is 6.83. The molecule has 0 aliphatic carbocycles. The van der Waals surface area contributed by atoms with Gasteiger partial charge in [0.15, 0.2) is 4.77 Å². The van der Waals surface area contributed by atoms with Crippen molar-refractivity contribution in [3.63, 3.8) is 0 Å². The molecule has 28 heavy (non-hydrogen) atoms. The van der Waals surface area contributed by atoms with Crippen molar-refractivity contribution in [1.82, 2.24) is 25.1 Å². The molecule has 7 nitrogen and oxygen atoms in total. The van der Waals surface area contributed by atoms with Crippen LogP contribution in [0.4, 0.5) is 10.2 Å². The highest BCUT2D eigenvalue weighted by molar-refractivity contribution is 7.71. The first-order valence-corrected chi connectivity index (χ1v) is 9.55. The third kappa shape index (κ3) is 3.07. The molecule has 3 aromatic heterocycles. The zero-order valence-electron chi connectivity index (χ0n) is 14.9. The smallest absolute Gasteiger partial charge is 0.260 e. The van der Waals surface area contributed by atoms with Crippen LogP contribution < -0.4 is 4.90 Å². The van der Waals surface area contributed by atoms with Crippen LogP contribution in [0.5, 0.6) is 0 Å². The number of H-pyrrole nitrogens is 2. The molecule has 1 fully saturated rings. The third-order valence-corrected chi connectivity index (χ3v) is 5.13. The highest BCUT2D eigenvalue weighted by atomic mass is 32.1. The molecular weight excluding hydrogens is 379 g/mol. The molecule has 1 saturated heterocycles. The van der Waals surface area contributed by atoms with Gasteiger partial charge in [-0.3, -0.25) is 0 Å². The lowest BCUT2D eigenvalue weighted by Gasteiger charge is -2.27. The number of halogens is 1. The molecule has 9 heteroatoms. The van der Waals surface area contributed by atoms with Crippen LogP contribution in [0.25, 0.3) is 33.9 Å². The molecule has 1 aromatic carbocycles. The number of fused-ring (bicyclic) bond motifs is 1. The minimum absolute atomic E-state index is 0.223. The second kappa shape index (κ2) is 6.83. The molecule has 0 bridgehead atoms. The molecule has 1 aliphatic rings.